The van der Waals surface area contributed by atoms with Crippen LogP contribution in [0.25, 0.3) is 0 Å². The Kier molecular flexibility index (Phi) is 5.21. The second-order valence-corrected chi connectivity index (χ2v) is 10.5. The zero-order chi connectivity index (χ0) is 23.4. The van der Waals surface area contributed by atoms with Crippen LogP contribution in [0.3, 0.4) is 0 Å². The molecule has 0 aliphatic carbocycles. The Bertz CT molecular complexity index is 1360. The van der Waals surface area contributed by atoms with Gasteiger partial charge in [0.25, 0.3) is 0 Å². The van der Waals surface area contributed by atoms with E-state index in [4.69, 9.17) is 9.47 Å². The molecular weight excluding hydrogens is 504 g/mol. The van der Waals surface area contributed by atoms with Crippen molar-refractivity contribution in [1.82, 2.24) is 9.58 Å². The van der Waals surface area contributed by atoms with E-state index in [1.807, 2.05) is 18.2 Å². The maximum atomic E-state index is 15.1. The van der Waals surface area contributed by atoms with Gasteiger partial charge in [0.15, 0.2) is 0 Å². The normalized spacial score (nSPS) is 21.2. The van der Waals surface area contributed by atoms with Crippen molar-refractivity contribution in [3.8, 4) is 5.75 Å². The fraction of sp³-hybridized carbons (Fsp3) is 0.280. The van der Waals surface area contributed by atoms with E-state index in [-0.39, 0.29) is 49.6 Å². The third-order valence-electron chi connectivity index (χ3n) is 6.66. The van der Waals surface area contributed by atoms with Gasteiger partial charge in [0, 0.05) is 0 Å². The van der Waals surface area contributed by atoms with Gasteiger partial charge in [-0.3, -0.25) is 0 Å². The number of nitrogens with zero attached hydrogens (tertiary/aromatic N) is 3. The van der Waals surface area contributed by atoms with Crippen LogP contribution < -0.4 is 19.6 Å². The number of benzene rings is 2. The molecule has 4 heterocycles. The maximum absolute atomic E-state index is 15.1. The van der Waals surface area contributed by atoms with Gasteiger partial charge in [0.2, 0.25) is 0 Å². The Hall–Kier alpha value is -3.13. The number of rotatable bonds is 2. The fourth-order valence-corrected chi connectivity index (χ4v) is 7.50. The molecule has 0 spiro atoms. The fourth-order valence-electron chi connectivity index (χ4n) is 5.14. The van der Waals surface area contributed by atoms with E-state index >= 15 is 4.39 Å². The van der Waals surface area contributed by atoms with E-state index in [0.29, 0.717) is 30.6 Å². The van der Waals surface area contributed by atoms with Crippen LogP contribution in [0.15, 0.2) is 59.5 Å². The van der Waals surface area contributed by atoms with E-state index in [1.54, 1.807) is 21.8 Å². The number of ether oxygens (including phenoxy) is 2. The van der Waals surface area contributed by atoms with Gasteiger partial charge in [-0.1, -0.05) is 0 Å². The standard InChI is InChI=1S/C25H22FN3O4Se/c1-32-24-19(30)9-10-28-23(24)25(31)27-11-12-33-13-21(27)29(28)22-15-6-4-7-18(26)17(15)14-34-20-8-3-2-5-16(20)22/h2-10,21-22H,11-14H2,1H3/t21-,22+/m1/s1. The van der Waals surface area contributed by atoms with Crippen LogP contribution in [-0.2, 0) is 10.1 Å². The molecule has 1 fully saturated rings. The molecule has 6 rings (SSSR count). The molecule has 3 aromatic rings. The van der Waals surface area contributed by atoms with Crippen LogP contribution in [0.4, 0.5) is 4.39 Å². The molecule has 9 heteroatoms. The van der Waals surface area contributed by atoms with Crippen molar-refractivity contribution in [3.05, 3.63) is 93.2 Å². The van der Waals surface area contributed by atoms with E-state index in [1.165, 1.54) is 23.7 Å². The Labute approximate surface area is 201 Å². The van der Waals surface area contributed by atoms with Gasteiger partial charge in [-0.15, -0.1) is 0 Å². The van der Waals surface area contributed by atoms with E-state index < -0.39 is 6.17 Å². The predicted octanol–water partition coefficient (Wildman–Crippen LogP) is 1.38. The molecular formula is C25H22FN3O4Se. The number of hydrogen-bond donors (Lipinski definition) is 0. The molecule has 2 atom stereocenters. The Morgan fingerprint density at radius 2 is 1.91 bits per heavy atom. The number of morpholine rings is 1. The third kappa shape index (κ3) is 3.11. The van der Waals surface area contributed by atoms with E-state index in [9.17, 15) is 9.59 Å². The summed E-state index contributed by atoms with van der Waals surface area (Å²) in [4.78, 5) is 27.9. The van der Waals surface area contributed by atoms with Crippen molar-refractivity contribution < 1.29 is 18.7 Å². The minimum atomic E-state index is -0.430. The number of halogens is 1. The molecule has 0 N–H and O–H groups in total. The molecule has 0 radical (unpaired) electrons. The molecule has 3 aliphatic heterocycles. The minimum absolute atomic E-state index is 0.00744. The van der Waals surface area contributed by atoms with Crippen LogP contribution in [0, 0.1) is 5.82 Å². The molecule has 0 bridgehead atoms. The molecule has 34 heavy (non-hydrogen) atoms. The summed E-state index contributed by atoms with van der Waals surface area (Å²) in [6, 6.07) is 14.4. The molecule has 2 aromatic carbocycles. The number of methoxy groups -OCH3 is 1. The SMILES string of the molecule is COc1c2n(ccc1=O)N([C@@H]1c3ccccc3[Se]Cc3c(F)cccc31)[C@@H]1COCCN1C2=O. The van der Waals surface area contributed by atoms with Crippen molar-refractivity contribution in [2.75, 3.05) is 31.9 Å². The second-order valence-electron chi connectivity index (χ2n) is 8.38. The van der Waals surface area contributed by atoms with Crippen molar-refractivity contribution in [2.45, 2.75) is 17.5 Å². The molecule has 174 valence electrons. The van der Waals surface area contributed by atoms with Crippen LogP contribution in [-0.4, -0.2) is 63.5 Å². The third-order valence-corrected chi connectivity index (χ3v) is 9.00. The van der Waals surface area contributed by atoms with E-state index in [0.717, 1.165) is 11.1 Å². The second kappa shape index (κ2) is 8.27. The molecule has 3 aliphatic rings. The van der Waals surface area contributed by atoms with Crippen molar-refractivity contribution in [2.24, 2.45) is 0 Å². The number of amides is 1. The summed E-state index contributed by atoms with van der Waals surface area (Å²) in [6.45, 7) is 1.10. The first-order valence-electron chi connectivity index (χ1n) is 11.1. The van der Waals surface area contributed by atoms with Crippen molar-refractivity contribution in [1.29, 1.82) is 0 Å². The first-order valence-corrected chi connectivity index (χ1v) is 13.1. The molecule has 1 saturated heterocycles. The van der Waals surface area contributed by atoms with E-state index in [2.05, 4.69) is 17.1 Å². The number of pyridine rings is 1. The van der Waals surface area contributed by atoms with Crippen LogP contribution in [0.1, 0.15) is 33.2 Å². The van der Waals surface area contributed by atoms with Crippen LogP contribution >= 0.6 is 0 Å². The van der Waals surface area contributed by atoms with Crippen molar-refractivity contribution in [3.63, 3.8) is 0 Å². The molecule has 1 amide bonds. The monoisotopic (exact) mass is 527 g/mol. The van der Waals surface area contributed by atoms with Crippen LogP contribution in [0.5, 0.6) is 5.75 Å². The average molecular weight is 526 g/mol. The molecule has 0 saturated carbocycles. The van der Waals surface area contributed by atoms with Gasteiger partial charge in [-0.25, -0.2) is 0 Å². The first kappa shape index (κ1) is 21.4. The summed E-state index contributed by atoms with van der Waals surface area (Å²) in [5, 5.41) is 2.69. The van der Waals surface area contributed by atoms with Gasteiger partial charge in [0.05, 0.1) is 0 Å². The quantitative estimate of drug-likeness (QED) is 0.473. The number of aromatic nitrogens is 1. The van der Waals surface area contributed by atoms with Crippen LogP contribution in [0.2, 0.25) is 0 Å². The Balaban J connectivity index is 1.67. The summed E-state index contributed by atoms with van der Waals surface area (Å²) < 4.78 is 29.3. The Morgan fingerprint density at radius 1 is 1.09 bits per heavy atom. The average Bonchev–Trinajstić information content (AvgIpc) is 3.02. The summed E-state index contributed by atoms with van der Waals surface area (Å²) in [6.07, 6.45) is 1.18. The number of fused-ring (bicyclic) bond motifs is 4. The first-order chi connectivity index (χ1) is 16.6. The number of carbonyl (C=O) groups is 1. The summed E-state index contributed by atoms with van der Waals surface area (Å²) in [5.74, 6) is -0.488. The zero-order valence-electron chi connectivity index (χ0n) is 18.4. The summed E-state index contributed by atoms with van der Waals surface area (Å²) in [5.41, 5.74) is 2.44. The van der Waals surface area contributed by atoms with Gasteiger partial charge < -0.3 is 0 Å². The molecule has 1 aromatic heterocycles. The number of carbonyl (C=O) groups excluding carboxylic acids is 1. The Morgan fingerprint density at radius 3 is 2.76 bits per heavy atom. The predicted molar refractivity (Wildman–Crippen MR) is 125 cm³/mol. The molecule has 0 unspecified atom stereocenters. The van der Waals surface area contributed by atoms with Gasteiger partial charge in [-0.05, 0) is 0 Å². The van der Waals surface area contributed by atoms with Gasteiger partial charge >= 0.3 is 202 Å². The summed E-state index contributed by atoms with van der Waals surface area (Å²) >= 11 is 0.0424. The number of hydrogen-bond acceptors (Lipinski definition) is 5. The van der Waals surface area contributed by atoms with Crippen molar-refractivity contribution >= 4 is 25.3 Å². The molecule has 7 nitrogen and oxygen atoms in total. The van der Waals surface area contributed by atoms with Gasteiger partial charge in [0.1, 0.15) is 0 Å². The zero-order valence-corrected chi connectivity index (χ0v) is 20.2. The summed E-state index contributed by atoms with van der Waals surface area (Å²) in [7, 11) is 1.40. The van der Waals surface area contributed by atoms with Gasteiger partial charge in [-0.2, -0.15) is 0 Å². The topological polar surface area (TPSA) is 64.0 Å².